The molecule has 0 unspecified atom stereocenters. The Morgan fingerprint density at radius 1 is 1.42 bits per heavy atom. The molecule has 3 nitrogen and oxygen atoms in total. The van der Waals surface area contributed by atoms with Gasteiger partial charge in [0.1, 0.15) is 0 Å². The number of Topliss-reactive ketones (excluding diaryl/α,β-unsaturated/α-hetero) is 1. The van der Waals surface area contributed by atoms with Crippen LogP contribution in [0.15, 0.2) is 0 Å². The molecule has 0 aliphatic heterocycles. The second-order valence-corrected chi connectivity index (χ2v) is 3.18. The van der Waals surface area contributed by atoms with Gasteiger partial charge >= 0.3 is 5.97 Å². The van der Waals surface area contributed by atoms with Gasteiger partial charge in [-0.1, -0.05) is 0 Å². The topological polar surface area (TPSA) is 43.4 Å². The summed E-state index contributed by atoms with van der Waals surface area (Å²) in [4.78, 5) is 22.1. The van der Waals surface area contributed by atoms with Gasteiger partial charge in [0.2, 0.25) is 0 Å². The van der Waals surface area contributed by atoms with E-state index < -0.39 is 0 Å². The average Bonchev–Trinajstić information content (AvgIpc) is 2.02. The van der Waals surface area contributed by atoms with Crippen LogP contribution in [0.25, 0.3) is 0 Å². The second kappa shape index (κ2) is 3.90. The van der Waals surface area contributed by atoms with Crippen molar-refractivity contribution in [2.24, 2.45) is 11.8 Å². The molecule has 0 aromatic carbocycles. The Kier molecular flexibility index (Phi) is 3.09. The van der Waals surface area contributed by atoms with Gasteiger partial charge in [-0.15, -0.1) is 11.6 Å². The Bertz CT molecular complexity index is 180. The van der Waals surface area contributed by atoms with Crippen molar-refractivity contribution in [3.8, 4) is 0 Å². The maximum absolute atomic E-state index is 11.1. The first-order valence-electron chi connectivity index (χ1n) is 3.87. The minimum absolute atomic E-state index is 0.00182. The van der Waals surface area contributed by atoms with Gasteiger partial charge in [-0.25, -0.2) is 0 Å². The highest BCUT2D eigenvalue weighted by Gasteiger charge is 2.41. The SMILES string of the molecule is COC(=O)[C@@H]1CC[C@H]1C(=O)CCl. The molecule has 1 saturated carbocycles. The van der Waals surface area contributed by atoms with Crippen LogP contribution in [0, 0.1) is 11.8 Å². The number of halogens is 1. The number of hydrogen-bond donors (Lipinski definition) is 0. The summed E-state index contributed by atoms with van der Waals surface area (Å²) in [7, 11) is 1.34. The number of rotatable bonds is 3. The summed E-state index contributed by atoms with van der Waals surface area (Å²) in [5.74, 6) is -0.753. The van der Waals surface area contributed by atoms with Gasteiger partial charge in [0.25, 0.3) is 0 Å². The molecule has 0 amide bonds. The molecule has 0 saturated heterocycles. The molecule has 0 radical (unpaired) electrons. The third-order valence-electron chi connectivity index (χ3n) is 2.32. The molecule has 0 spiro atoms. The molecular weight excluding hydrogens is 180 g/mol. The fourth-order valence-electron chi connectivity index (χ4n) is 1.42. The molecule has 12 heavy (non-hydrogen) atoms. The number of ether oxygens (including phenoxy) is 1. The smallest absolute Gasteiger partial charge is 0.309 e. The first-order chi connectivity index (χ1) is 5.70. The highest BCUT2D eigenvalue weighted by Crippen LogP contribution is 2.35. The molecule has 0 heterocycles. The van der Waals surface area contributed by atoms with Crippen molar-refractivity contribution in [2.45, 2.75) is 12.8 Å². The first kappa shape index (κ1) is 9.52. The van der Waals surface area contributed by atoms with E-state index in [-0.39, 0.29) is 29.5 Å². The number of hydrogen-bond acceptors (Lipinski definition) is 3. The predicted molar refractivity (Wildman–Crippen MR) is 44.0 cm³/mol. The lowest BCUT2D eigenvalue weighted by atomic mass is 9.71. The third-order valence-corrected chi connectivity index (χ3v) is 2.59. The van der Waals surface area contributed by atoms with E-state index in [9.17, 15) is 9.59 Å². The molecule has 1 aliphatic rings. The van der Waals surface area contributed by atoms with Crippen molar-refractivity contribution in [3.63, 3.8) is 0 Å². The molecule has 0 bridgehead atoms. The van der Waals surface area contributed by atoms with Gasteiger partial charge in [-0.2, -0.15) is 0 Å². The van der Waals surface area contributed by atoms with Gasteiger partial charge in [0.15, 0.2) is 5.78 Å². The van der Waals surface area contributed by atoms with E-state index >= 15 is 0 Å². The van der Waals surface area contributed by atoms with Crippen LogP contribution in [-0.2, 0) is 14.3 Å². The van der Waals surface area contributed by atoms with E-state index in [0.29, 0.717) is 0 Å². The molecule has 68 valence electrons. The summed E-state index contributed by atoms with van der Waals surface area (Å²) in [5, 5.41) is 0. The minimum atomic E-state index is -0.287. The Hall–Kier alpha value is -0.570. The van der Waals surface area contributed by atoms with Crippen molar-refractivity contribution in [1.82, 2.24) is 0 Å². The Labute approximate surface area is 76.0 Å². The number of methoxy groups -OCH3 is 1. The van der Waals surface area contributed by atoms with Gasteiger partial charge in [-0.3, -0.25) is 9.59 Å². The van der Waals surface area contributed by atoms with Crippen molar-refractivity contribution in [3.05, 3.63) is 0 Å². The Morgan fingerprint density at radius 3 is 2.33 bits per heavy atom. The minimum Gasteiger partial charge on any atom is -0.469 e. The number of carbonyl (C=O) groups excluding carboxylic acids is 2. The van der Waals surface area contributed by atoms with Crippen LogP contribution in [0.5, 0.6) is 0 Å². The Balaban J connectivity index is 2.49. The van der Waals surface area contributed by atoms with Crippen molar-refractivity contribution >= 4 is 23.4 Å². The van der Waals surface area contributed by atoms with Gasteiger partial charge in [-0.05, 0) is 12.8 Å². The zero-order valence-corrected chi connectivity index (χ0v) is 7.63. The molecule has 2 atom stereocenters. The lowest BCUT2D eigenvalue weighted by molar-refractivity contribution is -0.154. The third kappa shape index (κ3) is 1.61. The fraction of sp³-hybridized carbons (Fsp3) is 0.750. The van der Waals surface area contributed by atoms with Gasteiger partial charge < -0.3 is 4.74 Å². The van der Waals surface area contributed by atoms with E-state index in [0.717, 1.165) is 12.8 Å². The largest absolute Gasteiger partial charge is 0.469 e. The van der Waals surface area contributed by atoms with Crippen LogP contribution < -0.4 is 0 Å². The standard InChI is InChI=1S/C8H11ClO3/c1-12-8(11)6-3-2-5(6)7(10)4-9/h5-6H,2-4H2,1H3/t5-,6-/m1/s1. The molecule has 4 heteroatoms. The summed E-state index contributed by atoms with van der Waals surface area (Å²) in [6.07, 6.45) is 1.52. The van der Waals surface area contributed by atoms with E-state index in [1.165, 1.54) is 7.11 Å². The van der Waals surface area contributed by atoms with Gasteiger partial charge in [0.05, 0.1) is 18.9 Å². The van der Waals surface area contributed by atoms with Crippen molar-refractivity contribution < 1.29 is 14.3 Å². The molecule has 0 aromatic heterocycles. The lowest BCUT2D eigenvalue weighted by Gasteiger charge is -2.32. The zero-order chi connectivity index (χ0) is 9.14. The average molecular weight is 191 g/mol. The quantitative estimate of drug-likeness (QED) is 0.493. The molecule has 1 rings (SSSR count). The van der Waals surface area contributed by atoms with Crippen LogP contribution in [0.1, 0.15) is 12.8 Å². The zero-order valence-electron chi connectivity index (χ0n) is 6.88. The summed E-state index contributed by atoms with van der Waals surface area (Å²) in [5.41, 5.74) is 0. The molecule has 0 aromatic rings. The highest BCUT2D eigenvalue weighted by atomic mass is 35.5. The molecule has 0 N–H and O–H groups in total. The summed E-state index contributed by atoms with van der Waals surface area (Å²) >= 11 is 5.37. The highest BCUT2D eigenvalue weighted by molar-refractivity contribution is 6.28. The summed E-state index contributed by atoms with van der Waals surface area (Å²) < 4.78 is 4.54. The number of carbonyl (C=O) groups is 2. The molecular formula is C8H11ClO3. The van der Waals surface area contributed by atoms with Crippen LogP contribution in [0.3, 0.4) is 0 Å². The number of ketones is 1. The maximum atomic E-state index is 11.1. The van der Waals surface area contributed by atoms with E-state index in [4.69, 9.17) is 11.6 Å². The lowest BCUT2D eigenvalue weighted by Crippen LogP contribution is -2.39. The van der Waals surface area contributed by atoms with Crippen LogP contribution in [-0.4, -0.2) is 24.7 Å². The first-order valence-corrected chi connectivity index (χ1v) is 4.40. The van der Waals surface area contributed by atoms with Crippen LogP contribution in [0.2, 0.25) is 0 Å². The maximum Gasteiger partial charge on any atom is 0.309 e. The van der Waals surface area contributed by atoms with Crippen molar-refractivity contribution in [1.29, 1.82) is 0 Å². The second-order valence-electron chi connectivity index (χ2n) is 2.91. The van der Waals surface area contributed by atoms with E-state index in [1.807, 2.05) is 0 Å². The van der Waals surface area contributed by atoms with E-state index in [1.54, 1.807) is 0 Å². The van der Waals surface area contributed by atoms with Crippen molar-refractivity contribution in [2.75, 3.05) is 13.0 Å². The summed E-state index contributed by atoms with van der Waals surface area (Å²) in [6, 6.07) is 0. The number of esters is 1. The van der Waals surface area contributed by atoms with Crippen LogP contribution in [0.4, 0.5) is 0 Å². The number of alkyl halides is 1. The van der Waals surface area contributed by atoms with Gasteiger partial charge in [0, 0.05) is 5.92 Å². The molecule has 1 aliphatic carbocycles. The normalized spacial score (nSPS) is 27.5. The molecule has 1 fully saturated rings. The summed E-state index contributed by atoms with van der Waals surface area (Å²) in [6.45, 7) is 0. The Morgan fingerprint density at radius 2 is 2.00 bits per heavy atom. The monoisotopic (exact) mass is 190 g/mol. The predicted octanol–water partition coefficient (Wildman–Crippen LogP) is 0.993. The van der Waals surface area contributed by atoms with Crippen LogP contribution >= 0.6 is 11.6 Å². The fourth-order valence-corrected chi connectivity index (χ4v) is 1.62. The van der Waals surface area contributed by atoms with E-state index in [2.05, 4.69) is 4.74 Å².